The minimum Gasteiger partial charge on any atom is -0.469 e. The van der Waals surface area contributed by atoms with E-state index >= 15 is 0 Å². The summed E-state index contributed by atoms with van der Waals surface area (Å²) in [7, 11) is -3.33. The lowest BCUT2D eigenvalue weighted by Crippen LogP contribution is -2.12. The molecule has 0 amide bonds. The van der Waals surface area contributed by atoms with E-state index in [2.05, 4.69) is 4.99 Å². The molecule has 0 atom stereocenters. The molecule has 0 saturated carbocycles. The number of nitrogens with zero attached hydrogens (tertiary/aromatic N) is 1. The Bertz CT molecular complexity index is 313. The monoisotopic (exact) mass is 175 g/mol. The van der Waals surface area contributed by atoms with Gasteiger partial charge in [-0.1, -0.05) is 0 Å². The zero-order valence-electron chi connectivity index (χ0n) is 6.36. The van der Waals surface area contributed by atoms with Gasteiger partial charge in [-0.3, -0.25) is 0 Å². The van der Waals surface area contributed by atoms with Gasteiger partial charge in [-0.2, -0.15) is 0 Å². The Labute approximate surface area is 65.5 Å². The molecule has 0 fully saturated rings. The van der Waals surface area contributed by atoms with E-state index in [-0.39, 0.29) is 5.23 Å². The zero-order valence-corrected chi connectivity index (χ0v) is 7.18. The quantitative estimate of drug-likeness (QED) is 0.588. The Morgan fingerprint density at radius 2 is 2.27 bits per heavy atom. The smallest absolute Gasteiger partial charge is 0.314 e. The molecule has 0 bridgehead atoms. The molecule has 0 spiro atoms. The molecule has 0 unspecified atom stereocenters. The molecular weight excluding hydrogens is 166 g/mol. The predicted molar refractivity (Wildman–Crippen MR) is 41.7 cm³/mol. The van der Waals surface area contributed by atoms with Crippen LogP contribution in [0, 0.1) is 0 Å². The fourth-order valence-corrected chi connectivity index (χ4v) is 1.90. The van der Waals surface area contributed by atoms with Gasteiger partial charge in [0.2, 0.25) is 0 Å². The second-order valence-electron chi connectivity index (χ2n) is 2.11. The molecule has 4 nitrogen and oxygen atoms in total. The van der Waals surface area contributed by atoms with Crippen molar-refractivity contribution < 1.29 is 13.2 Å². The second-order valence-corrected chi connectivity index (χ2v) is 3.79. The molecule has 1 aliphatic heterocycles. The van der Waals surface area contributed by atoms with Gasteiger partial charge in [-0.15, -0.1) is 0 Å². The number of hydrogen-bond donors (Lipinski definition) is 0. The van der Waals surface area contributed by atoms with Crippen LogP contribution < -0.4 is 0 Å². The van der Waals surface area contributed by atoms with Gasteiger partial charge >= 0.3 is 5.23 Å². The van der Waals surface area contributed by atoms with Crippen LogP contribution in [0.5, 0.6) is 0 Å². The Morgan fingerprint density at radius 1 is 1.64 bits per heavy atom. The number of aliphatic imine (C=N–C) groups is 1. The lowest BCUT2D eigenvalue weighted by molar-refractivity contribution is 0.335. The molecule has 1 heterocycles. The largest absolute Gasteiger partial charge is 0.469 e. The maximum atomic E-state index is 11.0. The van der Waals surface area contributed by atoms with E-state index in [0.717, 1.165) is 5.41 Å². The van der Waals surface area contributed by atoms with Gasteiger partial charge in [0.05, 0.1) is 17.7 Å². The van der Waals surface area contributed by atoms with Crippen LogP contribution in [-0.4, -0.2) is 20.3 Å². The average Bonchev–Trinajstić information content (AvgIpc) is 2.07. The molecule has 11 heavy (non-hydrogen) atoms. The summed E-state index contributed by atoms with van der Waals surface area (Å²) >= 11 is 0. The molecular formula is C6H9NO3S. The van der Waals surface area contributed by atoms with Crippen LogP contribution in [0.1, 0.15) is 13.8 Å². The first-order valence-electron chi connectivity index (χ1n) is 3.21. The molecule has 0 aromatic rings. The fraction of sp³-hybridized carbons (Fsp3) is 0.500. The standard InChI is InChI=1S/C6H9NO3S/c1-3-10-6-7-5(2)4-11(6,8)9/h4H,3H2,1-2H3. The van der Waals surface area contributed by atoms with Gasteiger partial charge in [0, 0.05) is 0 Å². The molecule has 1 rings (SSSR count). The van der Waals surface area contributed by atoms with Crippen molar-refractivity contribution >= 4 is 15.1 Å². The average molecular weight is 175 g/mol. The highest BCUT2D eigenvalue weighted by Crippen LogP contribution is 2.13. The lowest BCUT2D eigenvalue weighted by atomic mass is 10.6. The van der Waals surface area contributed by atoms with Gasteiger partial charge in [-0.25, -0.2) is 13.4 Å². The summed E-state index contributed by atoms with van der Waals surface area (Å²) in [6.45, 7) is 3.65. The number of allylic oxidation sites excluding steroid dienone is 1. The predicted octanol–water partition coefficient (Wildman–Crippen LogP) is 0.669. The third-order valence-electron chi connectivity index (χ3n) is 1.10. The topological polar surface area (TPSA) is 55.7 Å². The van der Waals surface area contributed by atoms with E-state index in [1.807, 2.05) is 0 Å². The third-order valence-corrected chi connectivity index (χ3v) is 2.45. The minimum absolute atomic E-state index is 0.183. The first-order valence-corrected chi connectivity index (χ1v) is 4.76. The number of rotatable bonds is 1. The summed E-state index contributed by atoms with van der Waals surface area (Å²) in [6, 6.07) is 0. The van der Waals surface area contributed by atoms with Crippen LogP contribution in [0.2, 0.25) is 0 Å². The maximum Gasteiger partial charge on any atom is 0.314 e. The summed E-state index contributed by atoms with van der Waals surface area (Å²) in [6.07, 6.45) is 0. The molecule has 0 radical (unpaired) electrons. The van der Waals surface area contributed by atoms with E-state index in [9.17, 15) is 8.42 Å². The molecule has 0 aromatic carbocycles. The summed E-state index contributed by atoms with van der Waals surface area (Å²) in [5, 5.41) is 0.912. The second kappa shape index (κ2) is 2.65. The maximum absolute atomic E-state index is 11.0. The van der Waals surface area contributed by atoms with Crippen molar-refractivity contribution in [1.29, 1.82) is 0 Å². The van der Waals surface area contributed by atoms with Gasteiger partial charge < -0.3 is 4.74 Å². The van der Waals surface area contributed by atoms with Crippen LogP contribution in [0.15, 0.2) is 16.1 Å². The van der Waals surface area contributed by atoms with Gasteiger partial charge in [0.15, 0.2) is 0 Å². The highest BCUT2D eigenvalue weighted by atomic mass is 32.2. The lowest BCUT2D eigenvalue weighted by Gasteiger charge is -1.98. The van der Waals surface area contributed by atoms with E-state index in [1.54, 1.807) is 13.8 Å². The van der Waals surface area contributed by atoms with Crippen LogP contribution in [-0.2, 0) is 14.6 Å². The highest BCUT2D eigenvalue weighted by molar-refractivity contribution is 8.08. The molecule has 0 aliphatic carbocycles. The van der Waals surface area contributed by atoms with Gasteiger partial charge in [-0.05, 0) is 13.8 Å². The molecule has 62 valence electrons. The third kappa shape index (κ3) is 1.59. The van der Waals surface area contributed by atoms with Crippen molar-refractivity contribution in [3.63, 3.8) is 0 Å². The fourth-order valence-electron chi connectivity index (χ4n) is 0.747. The SMILES string of the molecule is CCOC1=NC(C)=CS1(=O)=O. The molecule has 0 aromatic heterocycles. The number of ether oxygens (including phenoxy) is 1. The van der Waals surface area contributed by atoms with Crippen molar-refractivity contribution in [1.82, 2.24) is 0 Å². The van der Waals surface area contributed by atoms with Crippen molar-refractivity contribution in [3.05, 3.63) is 11.1 Å². The van der Waals surface area contributed by atoms with Crippen molar-refractivity contribution in [3.8, 4) is 0 Å². The summed E-state index contributed by atoms with van der Waals surface area (Å²) < 4.78 is 26.9. The van der Waals surface area contributed by atoms with E-state index < -0.39 is 9.84 Å². The van der Waals surface area contributed by atoms with Crippen molar-refractivity contribution in [2.24, 2.45) is 4.99 Å². The van der Waals surface area contributed by atoms with E-state index in [4.69, 9.17) is 4.74 Å². The molecule has 0 saturated heterocycles. The summed E-state index contributed by atoms with van der Waals surface area (Å²) in [4.78, 5) is 3.70. The Hall–Kier alpha value is -0.840. The number of hydrogen-bond acceptors (Lipinski definition) is 4. The zero-order chi connectivity index (χ0) is 8.48. The molecule has 0 N–H and O–H groups in total. The molecule has 1 aliphatic rings. The van der Waals surface area contributed by atoms with Crippen molar-refractivity contribution in [2.45, 2.75) is 13.8 Å². The Balaban J connectivity index is 2.95. The van der Waals surface area contributed by atoms with E-state index in [0.29, 0.717) is 12.3 Å². The Kier molecular flexibility index (Phi) is 1.99. The minimum atomic E-state index is -3.33. The normalized spacial score (nSPS) is 20.9. The first-order chi connectivity index (χ1) is 5.06. The van der Waals surface area contributed by atoms with Crippen LogP contribution >= 0.6 is 0 Å². The first kappa shape index (κ1) is 8.26. The van der Waals surface area contributed by atoms with Crippen molar-refractivity contribution in [2.75, 3.05) is 6.61 Å². The highest BCUT2D eigenvalue weighted by Gasteiger charge is 2.24. The number of sulfone groups is 1. The summed E-state index contributed by atoms with van der Waals surface area (Å²) in [5.41, 5.74) is 0.466. The molecule has 5 heteroatoms. The van der Waals surface area contributed by atoms with Crippen LogP contribution in [0.4, 0.5) is 0 Å². The Morgan fingerprint density at radius 3 is 2.64 bits per heavy atom. The van der Waals surface area contributed by atoms with E-state index in [1.165, 1.54) is 0 Å². The summed E-state index contributed by atoms with van der Waals surface area (Å²) in [5.74, 6) is 0. The van der Waals surface area contributed by atoms with Gasteiger partial charge in [0.25, 0.3) is 9.84 Å². The van der Waals surface area contributed by atoms with Gasteiger partial charge in [0.1, 0.15) is 0 Å². The van der Waals surface area contributed by atoms with Crippen LogP contribution in [0.25, 0.3) is 0 Å². The van der Waals surface area contributed by atoms with Crippen LogP contribution in [0.3, 0.4) is 0 Å².